The average Bonchev–Trinajstić information content (AvgIpc) is 3.04. The number of hydrogen-bond donors (Lipinski definition) is 0. The summed E-state index contributed by atoms with van der Waals surface area (Å²) in [4.78, 5) is 0. The van der Waals surface area contributed by atoms with Crippen LogP contribution in [0.15, 0.2) is 24.3 Å². The van der Waals surface area contributed by atoms with Gasteiger partial charge in [0, 0.05) is 13.2 Å². The van der Waals surface area contributed by atoms with Crippen molar-refractivity contribution in [3.8, 4) is 0 Å². The monoisotopic (exact) mass is 738 g/mol. The van der Waals surface area contributed by atoms with E-state index in [9.17, 15) is 13.2 Å². The Balaban J connectivity index is 0. The van der Waals surface area contributed by atoms with Gasteiger partial charge in [-0.25, -0.2) is 0 Å². The molecule has 0 aliphatic heterocycles. The summed E-state index contributed by atoms with van der Waals surface area (Å²) >= 11 is 0. The van der Waals surface area contributed by atoms with Gasteiger partial charge < -0.3 is 26.4 Å². The molecule has 1 unspecified atom stereocenters. The third-order valence-electron chi connectivity index (χ3n) is 9.42. The van der Waals surface area contributed by atoms with E-state index in [1.165, 1.54) is 154 Å². The van der Waals surface area contributed by atoms with Crippen LogP contribution in [0.3, 0.4) is 0 Å². The van der Waals surface area contributed by atoms with Crippen molar-refractivity contribution >= 4 is 0 Å². The molecule has 300 valence electrons. The molecule has 1 atom stereocenters. The number of rotatable bonds is 38. The van der Waals surface area contributed by atoms with Crippen LogP contribution in [0.2, 0.25) is 0 Å². The van der Waals surface area contributed by atoms with Gasteiger partial charge >= 0.3 is 6.18 Å². The van der Waals surface area contributed by atoms with Crippen LogP contribution in [-0.2, 0) is 9.47 Å². The number of hydrogen-bond acceptors (Lipinski definition) is 2. The van der Waals surface area contributed by atoms with Crippen molar-refractivity contribution < 1.29 is 39.5 Å². The number of allylic oxidation sites excluding steroid dienone is 4. The first-order chi connectivity index (χ1) is 23.7. The number of ether oxygens (including phenoxy) is 2. The van der Waals surface area contributed by atoms with Crippen LogP contribution >= 0.6 is 0 Å². The highest BCUT2D eigenvalue weighted by molar-refractivity contribution is 4.82. The minimum Gasteiger partial charge on any atom is -1.00 e. The van der Waals surface area contributed by atoms with Crippen LogP contribution in [0, 0.1) is 0 Å². The molecule has 0 saturated carbocycles. The van der Waals surface area contributed by atoms with Crippen molar-refractivity contribution in [2.75, 3.05) is 47.0 Å². The maximum absolute atomic E-state index is 13.2. The first-order valence-electron chi connectivity index (χ1n) is 21.1. The largest absolute Gasteiger partial charge is 1.00 e. The van der Waals surface area contributed by atoms with Crippen LogP contribution < -0.4 is 12.4 Å². The Kier molecular flexibility index (Phi) is 39.4. The SMILES string of the molecule is CCCCCCCC/C=C\CCCCCCCCOCC(C[N+](C)(C)CC(F)(F)F)OCCCCCCCC/C=C\CCCCCCCC.[Cl-]. The predicted octanol–water partition coefficient (Wildman–Crippen LogP) is 11.1. The second kappa shape index (κ2) is 38.2. The summed E-state index contributed by atoms with van der Waals surface area (Å²) in [6.07, 6.45) is 40.3. The zero-order valence-electron chi connectivity index (χ0n) is 33.5. The van der Waals surface area contributed by atoms with Crippen LogP contribution in [0.25, 0.3) is 0 Å². The second-order valence-corrected chi connectivity index (χ2v) is 15.3. The average molecular weight is 739 g/mol. The highest BCUT2D eigenvalue weighted by atomic mass is 35.5. The van der Waals surface area contributed by atoms with E-state index in [0.29, 0.717) is 26.4 Å². The third-order valence-corrected chi connectivity index (χ3v) is 9.42. The Bertz CT molecular complexity index is 729. The molecule has 0 heterocycles. The molecule has 0 radical (unpaired) electrons. The molecule has 0 aliphatic rings. The van der Waals surface area contributed by atoms with E-state index >= 15 is 0 Å². The highest BCUT2D eigenvalue weighted by Crippen LogP contribution is 2.20. The number of alkyl halides is 3. The maximum atomic E-state index is 13.2. The van der Waals surface area contributed by atoms with Gasteiger partial charge in [-0.1, -0.05) is 154 Å². The lowest BCUT2D eigenvalue weighted by atomic mass is 10.1. The summed E-state index contributed by atoms with van der Waals surface area (Å²) < 4.78 is 51.4. The van der Waals surface area contributed by atoms with Crippen LogP contribution in [0.5, 0.6) is 0 Å². The van der Waals surface area contributed by atoms with E-state index in [-0.39, 0.29) is 23.0 Å². The molecule has 0 amide bonds. The van der Waals surface area contributed by atoms with Crippen molar-refractivity contribution in [3.63, 3.8) is 0 Å². The summed E-state index contributed by atoms with van der Waals surface area (Å²) in [5, 5.41) is 0. The molecule has 0 fully saturated rings. The second-order valence-electron chi connectivity index (χ2n) is 15.3. The highest BCUT2D eigenvalue weighted by Gasteiger charge is 2.38. The third kappa shape index (κ3) is 41.9. The van der Waals surface area contributed by atoms with Crippen molar-refractivity contribution in [2.45, 2.75) is 206 Å². The van der Waals surface area contributed by atoms with E-state index in [1.54, 1.807) is 14.1 Å². The Morgan fingerprint density at radius 1 is 0.500 bits per heavy atom. The minimum absolute atomic E-state index is 0. The fourth-order valence-corrected chi connectivity index (χ4v) is 6.52. The van der Waals surface area contributed by atoms with Crippen molar-refractivity contribution in [3.05, 3.63) is 24.3 Å². The molecule has 0 aromatic rings. The molecule has 7 heteroatoms. The zero-order valence-corrected chi connectivity index (χ0v) is 34.3. The van der Waals surface area contributed by atoms with Gasteiger partial charge in [-0.2, -0.15) is 13.2 Å². The Morgan fingerprint density at radius 3 is 1.22 bits per heavy atom. The van der Waals surface area contributed by atoms with Gasteiger partial charge in [-0.15, -0.1) is 0 Å². The summed E-state index contributed by atoms with van der Waals surface area (Å²) in [6, 6.07) is 0. The standard InChI is InChI=1S/C43H83F3NO2.ClH/c1-5-7-9-11-13-15-17-19-21-23-25-27-29-31-33-35-37-48-40-42(39-47(3,4)41-43(44,45)46)49-38-36-34-32-30-28-26-24-22-20-18-16-14-12-10-8-6-2;/h19-22,42H,5-18,23-41H2,1-4H3;1H/q+1;/p-1/b21-19-,22-20-;. The van der Waals surface area contributed by atoms with Crippen LogP contribution in [0.4, 0.5) is 13.2 Å². The van der Waals surface area contributed by atoms with E-state index < -0.39 is 12.7 Å². The molecule has 0 aromatic carbocycles. The Morgan fingerprint density at radius 2 is 0.840 bits per heavy atom. The quantitative estimate of drug-likeness (QED) is 0.0357. The molecule has 0 aliphatic carbocycles. The lowest BCUT2D eigenvalue weighted by molar-refractivity contribution is -0.903. The molecule has 0 N–H and O–H groups in total. The van der Waals surface area contributed by atoms with E-state index in [0.717, 1.165) is 25.7 Å². The molecule has 0 aromatic heterocycles. The Hall–Kier alpha value is -0.560. The van der Waals surface area contributed by atoms with E-state index in [1.807, 2.05) is 0 Å². The zero-order chi connectivity index (χ0) is 36.2. The Labute approximate surface area is 316 Å². The van der Waals surface area contributed by atoms with E-state index in [4.69, 9.17) is 9.47 Å². The molecule has 3 nitrogen and oxygen atoms in total. The number of likely N-dealkylation sites (N-methyl/N-ethyl adjacent to an activating group) is 1. The molecule has 0 rings (SSSR count). The van der Waals surface area contributed by atoms with Crippen LogP contribution in [0.1, 0.15) is 194 Å². The molecular formula is C43H83ClF3NO2. The molecule has 0 saturated heterocycles. The van der Waals surface area contributed by atoms with Gasteiger partial charge in [0.05, 0.1) is 20.7 Å². The smallest absolute Gasteiger partial charge is 0.438 e. The minimum atomic E-state index is -4.19. The number of unbranched alkanes of at least 4 members (excludes halogenated alkanes) is 24. The summed E-state index contributed by atoms with van der Waals surface area (Å²) in [5.74, 6) is 0. The van der Waals surface area contributed by atoms with Crippen molar-refractivity contribution in [1.82, 2.24) is 0 Å². The van der Waals surface area contributed by atoms with Gasteiger partial charge in [0.1, 0.15) is 12.6 Å². The van der Waals surface area contributed by atoms with Crippen LogP contribution in [-0.4, -0.2) is 63.8 Å². The topological polar surface area (TPSA) is 18.5 Å². The fourth-order valence-electron chi connectivity index (χ4n) is 6.52. The first-order valence-corrected chi connectivity index (χ1v) is 21.1. The lowest BCUT2D eigenvalue weighted by Crippen LogP contribution is -3.00. The number of nitrogens with zero attached hydrogens (tertiary/aromatic N) is 1. The first kappa shape index (κ1) is 51.5. The van der Waals surface area contributed by atoms with Gasteiger partial charge in [-0.05, 0) is 64.2 Å². The maximum Gasteiger partial charge on any atom is 0.438 e. The van der Waals surface area contributed by atoms with E-state index in [2.05, 4.69) is 38.2 Å². The molecule has 0 bridgehead atoms. The van der Waals surface area contributed by atoms with Gasteiger partial charge in [0.15, 0.2) is 6.54 Å². The fraction of sp³-hybridized carbons (Fsp3) is 0.907. The van der Waals surface area contributed by atoms with Gasteiger partial charge in [0.2, 0.25) is 0 Å². The van der Waals surface area contributed by atoms with Gasteiger partial charge in [0.25, 0.3) is 0 Å². The summed E-state index contributed by atoms with van der Waals surface area (Å²) in [5.41, 5.74) is 0. The summed E-state index contributed by atoms with van der Waals surface area (Å²) in [7, 11) is 3.28. The van der Waals surface area contributed by atoms with Crippen molar-refractivity contribution in [1.29, 1.82) is 0 Å². The molecule has 0 spiro atoms. The molecular weight excluding hydrogens is 655 g/mol. The van der Waals surface area contributed by atoms with Crippen molar-refractivity contribution in [2.24, 2.45) is 0 Å². The number of halogens is 4. The lowest BCUT2D eigenvalue weighted by Gasteiger charge is -2.34. The normalized spacial score (nSPS) is 13.1. The summed E-state index contributed by atoms with van der Waals surface area (Å²) in [6.45, 7) is 5.60. The molecule has 50 heavy (non-hydrogen) atoms. The van der Waals surface area contributed by atoms with Gasteiger partial charge in [-0.3, -0.25) is 0 Å². The number of quaternary nitrogens is 1. The predicted molar refractivity (Wildman–Crippen MR) is 207 cm³/mol.